The number of nitrogens with one attached hydrogen (secondary N) is 2. The smallest absolute Gasteiger partial charge is 0.318 e. The highest BCUT2D eigenvalue weighted by molar-refractivity contribution is 7.89. The molecule has 0 saturated carbocycles. The monoisotopic (exact) mass is 1350 g/mol. The van der Waals surface area contributed by atoms with Crippen LogP contribution in [0.4, 0.5) is 0 Å². The topological polar surface area (TPSA) is 367 Å². The molecule has 2 saturated heterocycles. The number of benzene rings is 2. The molecule has 10 unspecified atom stereocenters. The highest BCUT2D eigenvalue weighted by Gasteiger charge is 2.59. The first-order valence-corrected chi connectivity index (χ1v) is 34.4. The number of likely N-dealkylation sites (tertiary alicyclic amines) is 1. The van der Waals surface area contributed by atoms with Gasteiger partial charge in [-0.1, -0.05) is 146 Å². The van der Waals surface area contributed by atoms with E-state index in [2.05, 4.69) is 10.0 Å². The maximum absolute atomic E-state index is 15.0. The van der Waals surface area contributed by atoms with Gasteiger partial charge in [0.25, 0.3) is 0 Å². The van der Waals surface area contributed by atoms with Crippen LogP contribution in [-0.2, 0) is 72.2 Å². The number of nitrogens with zero attached hydrogens (tertiary/aromatic N) is 1. The normalized spacial score (nSPS) is 19.3. The van der Waals surface area contributed by atoms with E-state index >= 15 is 0 Å². The second-order valence-corrected chi connectivity index (χ2v) is 30.9. The zero-order valence-electron chi connectivity index (χ0n) is 58.4. The van der Waals surface area contributed by atoms with Crippen LogP contribution >= 0.6 is 0 Å². The number of sulfonamides is 1. The summed E-state index contributed by atoms with van der Waals surface area (Å²) in [5, 5.41) is 47.2. The molecule has 3 amide bonds. The zero-order chi connectivity index (χ0) is 72.3. The average Bonchev–Trinajstić information content (AvgIpc) is 1.72. The molecule has 4 rings (SSSR count). The fraction of sp³-hybridized carbons (Fsp3) is 0.671. The minimum absolute atomic E-state index is 0.0213. The molecule has 2 aromatic carbocycles. The van der Waals surface area contributed by atoms with Crippen LogP contribution in [0.25, 0.3) is 0 Å². The van der Waals surface area contributed by atoms with E-state index in [1.165, 1.54) is 46.9 Å². The number of aromatic hydroxyl groups is 1. The molecule has 0 aliphatic carbocycles. The molecule has 95 heavy (non-hydrogen) atoms. The number of amides is 3. The number of esters is 4. The van der Waals surface area contributed by atoms with Crippen molar-refractivity contribution in [1.29, 1.82) is 0 Å². The fourth-order valence-corrected chi connectivity index (χ4v) is 15.6. The third-order valence-electron chi connectivity index (χ3n) is 19.9. The number of unbranched alkanes of at least 4 members (excludes halogenated alkanes) is 2. The van der Waals surface area contributed by atoms with Gasteiger partial charge in [-0.3, -0.25) is 57.6 Å². The summed E-state index contributed by atoms with van der Waals surface area (Å²) in [7, 11) is -3.39. The van der Waals surface area contributed by atoms with Crippen molar-refractivity contribution in [2.45, 2.75) is 180 Å². The van der Waals surface area contributed by atoms with Crippen LogP contribution in [0, 0.1) is 93.2 Å². The molecule has 6 N–H and O–H groups in total. The second kappa shape index (κ2) is 32.6. The Labute approximate surface area is 559 Å². The molecule has 0 bridgehead atoms. The van der Waals surface area contributed by atoms with Gasteiger partial charge in [0, 0.05) is 31.3 Å². The summed E-state index contributed by atoms with van der Waals surface area (Å²) in [6.07, 6.45) is 0.979. The number of hydrogen-bond donors (Lipinski definition) is 6. The van der Waals surface area contributed by atoms with Crippen molar-refractivity contribution in [2.75, 3.05) is 40.0 Å². The van der Waals surface area contributed by atoms with Gasteiger partial charge in [0.05, 0.1) is 78.5 Å². The molecule has 25 heteroatoms. The van der Waals surface area contributed by atoms with E-state index < -0.39 is 192 Å². The third kappa shape index (κ3) is 19.1. The summed E-state index contributed by atoms with van der Waals surface area (Å²) < 4.78 is 51.4. The van der Waals surface area contributed by atoms with Crippen LogP contribution in [0.15, 0.2) is 41.3 Å². The van der Waals surface area contributed by atoms with E-state index in [9.17, 15) is 81.6 Å². The predicted molar refractivity (Wildman–Crippen MR) is 348 cm³/mol. The Morgan fingerprint density at radius 3 is 1.68 bits per heavy atom. The lowest BCUT2D eigenvalue weighted by Gasteiger charge is -2.44. The Bertz CT molecular complexity index is 3280. The van der Waals surface area contributed by atoms with Gasteiger partial charge in [-0.2, -0.15) is 0 Å². The first-order chi connectivity index (χ1) is 44.0. The van der Waals surface area contributed by atoms with Crippen LogP contribution in [0.2, 0.25) is 0 Å². The Morgan fingerprint density at radius 2 is 1.19 bits per heavy atom. The van der Waals surface area contributed by atoms with Crippen molar-refractivity contribution in [3.05, 3.63) is 53.1 Å². The van der Waals surface area contributed by atoms with Crippen LogP contribution in [-0.4, -0.2) is 139 Å². The Hall–Kier alpha value is -7.28. The van der Waals surface area contributed by atoms with Gasteiger partial charge in [0.1, 0.15) is 23.0 Å². The molecule has 0 spiro atoms. The number of phenols is 1. The number of carbonyl (C=O) groups is 11. The summed E-state index contributed by atoms with van der Waals surface area (Å²) >= 11 is 0. The molecule has 0 radical (unpaired) electrons. The van der Waals surface area contributed by atoms with Gasteiger partial charge in [-0.05, 0) is 91.9 Å². The average molecular weight is 1350 g/mol. The summed E-state index contributed by atoms with van der Waals surface area (Å²) in [5.41, 5.74) is -6.05. The summed E-state index contributed by atoms with van der Waals surface area (Å²) in [5.74, 6) is -25.1. The van der Waals surface area contributed by atoms with Crippen LogP contribution in [0.3, 0.4) is 0 Å². The number of ketones is 1. The molecule has 2 aliphatic rings. The molecule has 10 atom stereocenters. The van der Waals surface area contributed by atoms with E-state index in [4.69, 9.17) is 18.9 Å². The molecule has 2 aliphatic heterocycles. The number of cyclic esters (lactones) is 2. The minimum Gasteiger partial charge on any atom is -0.507 e. The number of aryl methyl sites for hydroxylation is 1. The number of hydrogen-bond acceptors (Lipinski definition) is 18. The van der Waals surface area contributed by atoms with Crippen molar-refractivity contribution < 1.29 is 101 Å². The molecular weight excluding hydrogens is 1250 g/mol. The lowest BCUT2D eigenvalue weighted by molar-refractivity contribution is -0.168. The standard InChI is InChI=1S/C70H103N3O21S/c1-18-22-30-71-56(76)51(44(59(79)80)36-70(15,16)54(63(86)92-21-4)46(61(83)84)37-68(11,12)50-40(6)62(85)94-65(50)88)67(9,10)29-28-42-52(58(78)73(57(42)77)32-23-19-2)69(13,14)38-45(60(81)82)53(66(7,8)20-3)64(87)93-33-31-72-95(89,90)49-34-43(47(74)35-48(49)91-17)55(75)41-26-24-39(5)25-27-41/h24-27,34-35,40,42,44-46,50-54,72,74H,18-23,28-33,36-38H2,1-17H3,(H,71,76)(H,79,80)(H,81,82)(H,83,84). The van der Waals surface area contributed by atoms with Crippen LogP contribution < -0.4 is 14.8 Å². The fourth-order valence-electron chi connectivity index (χ4n) is 14.4. The van der Waals surface area contributed by atoms with E-state index in [1.54, 1.807) is 74.4 Å². The van der Waals surface area contributed by atoms with E-state index in [0.29, 0.717) is 25.7 Å². The van der Waals surface area contributed by atoms with Crippen LogP contribution in [0.5, 0.6) is 11.5 Å². The minimum atomic E-state index is -4.56. The largest absolute Gasteiger partial charge is 0.507 e. The number of ether oxygens (including phenoxy) is 4. The molecule has 0 aromatic heterocycles. The molecule has 2 fully saturated rings. The van der Waals surface area contributed by atoms with Crippen molar-refractivity contribution in [3.63, 3.8) is 0 Å². The lowest BCUT2D eigenvalue weighted by Crippen LogP contribution is -2.50. The zero-order valence-corrected chi connectivity index (χ0v) is 59.2. The number of methoxy groups -OCH3 is 1. The van der Waals surface area contributed by atoms with E-state index in [0.717, 1.165) is 22.6 Å². The SMILES string of the molecule is CCCCNC(=O)C(C(CC(C)(C)C(C(=O)OCC)C(CC(C)(C)C1C(=O)OC(=O)C1C)C(=O)O)C(=O)O)C(C)(C)CCC1C(=O)N(CCCC)C(=O)C1C(C)(C)CC(C(=O)O)C(C(=O)OCCNS(=O)(=O)c1cc(C(=O)c2ccc(C)cc2)c(O)cc1OC)C(C)(C)CC. The van der Waals surface area contributed by atoms with Gasteiger partial charge in [0.15, 0.2) is 5.78 Å². The summed E-state index contributed by atoms with van der Waals surface area (Å²) in [6.45, 7) is 25.2. The Balaban J connectivity index is 1.73. The maximum atomic E-state index is 15.0. The van der Waals surface area contributed by atoms with Crippen molar-refractivity contribution >= 4 is 75.3 Å². The number of carboxylic acid groups (broad SMARTS) is 3. The number of carboxylic acids is 3. The first kappa shape index (κ1) is 80.2. The van der Waals surface area contributed by atoms with Crippen molar-refractivity contribution in [2.24, 2.45) is 86.3 Å². The molecule has 2 heterocycles. The molecule has 24 nitrogen and oxygen atoms in total. The van der Waals surface area contributed by atoms with Crippen LogP contribution in [0.1, 0.15) is 190 Å². The van der Waals surface area contributed by atoms with Gasteiger partial charge < -0.3 is 44.7 Å². The Kier molecular flexibility index (Phi) is 27.5. The first-order valence-electron chi connectivity index (χ1n) is 32.9. The quantitative estimate of drug-likeness (QED) is 0.00905. The number of imide groups is 1. The third-order valence-corrected chi connectivity index (χ3v) is 21.4. The van der Waals surface area contributed by atoms with E-state index in [-0.39, 0.29) is 68.7 Å². The highest BCUT2D eigenvalue weighted by Crippen LogP contribution is 2.53. The number of rotatable bonds is 39. The summed E-state index contributed by atoms with van der Waals surface area (Å²) in [6, 6.07) is 8.35. The molecular formula is C70H103N3O21S. The highest BCUT2D eigenvalue weighted by atomic mass is 32.2. The van der Waals surface area contributed by atoms with Gasteiger partial charge >= 0.3 is 41.8 Å². The summed E-state index contributed by atoms with van der Waals surface area (Å²) in [4.78, 5) is 155. The van der Waals surface area contributed by atoms with Crippen molar-refractivity contribution in [1.82, 2.24) is 14.9 Å². The predicted octanol–water partition coefficient (Wildman–Crippen LogP) is 9.42. The van der Waals surface area contributed by atoms with Crippen molar-refractivity contribution in [3.8, 4) is 11.5 Å². The molecule has 530 valence electrons. The number of aliphatic carboxylic acids is 3. The van der Waals surface area contributed by atoms with Gasteiger partial charge in [-0.15, -0.1) is 0 Å². The lowest BCUT2D eigenvalue weighted by atomic mass is 9.58. The van der Waals surface area contributed by atoms with Gasteiger partial charge in [0.2, 0.25) is 27.7 Å². The Morgan fingerprint density at radius 1 is 0.663 bits per heavy atom. The molecule has 2 aromatic rings. The number of phenolic OH excluding ortho intramolecular Hbond substituents is 1. The number of carbonyl (C=O) groups excluding carboxylic acids is 8. The second-order valence-electron chi connectivity index (χ2n) is 29.2. The maximum Gasteiger partial charge on any atom is 0.318 e. The van der Waals surface area contributed by atoms with Gasteiger partial charge in [-0.25, -0.2) is 13.1 Å². The van der Waals surface area contributed by atoms with E-state index in [1.807, 2.05) is 20.8 Å².